The Morgan fingerprint density at radius 3 is 2.50 bits per heavy atom. The molecule has 0 radical (unpaired) electrons. The van der Waals surface area contributed by atoms with Crippen LogP contribution in [0.2, 0.25) is 0 Å². The molecule has 1 amide bonds. The van der Waals surface area contributed by atoms with Crippen molar-refractivity contribution in [2.24, 2.45) is 0 Å². The van der Waals surface area contributed by atoms with E-state index in [9.17, 15) is 4.79 Å². The first-order chi connectivity index (χ1) is 12.4. The fourth-order valence-electron chi connectivity index (χ4n) is 2.57. The van der Waals surface area contributed by atoms with Gasteiger partial charge in [-0.2, -0.15) is 0 Å². The molecule has 5 nitrogen and oxygen atoms in total. The lowest BCUT2D eigenvalue weighted by Crippen LogP contribution is -2.22. The van der Waals surface area contributed by atoms with E-state index in [1.165, 1.54) is 0 Å². The zero-order valence-electron chi connectivity index (χ0n) is 15.6. The monoisotopic (exact) mass is 352 g/mol. The zero-order valence-corrected chi connectivity index (χ0v) is 15.6. The minimum absolute atomic E-state index is 0.141. The minimum atomic E-state index is -0.142. The number of oxazole rings is 1. The molecule has 0 spiro atoms. The standard InChI is InChI=1S/C21H24N2O3/c1-13(2)21-23-18-10-7-16(11-19(18)26-21)20(24)22-12-15-5-8-17(9-6-15)25-14(3)4/h5-11,13-14H,12H2,1-4H3,(H,22,24). The Kier molecular flexibility index (Phi) is 5.26. The molecule has 1 heterocycles. The summed E-state index contributed by atoms with van der Waals surface area (Å²) in [5.41, 5.74) is 2.98. The van der Waals surface area contributed by atoms with Crippen molar-refractivity contribution in [3.63, 3.8) is 0 Å². The SMILES string of the molecule is CC(C)Oc1ccc(CNC(=O)c2ccc3nc(C(C)C)oc3c2)cc1. The first kappa shape index (κ1) is 18.0. The second kappa shape index (κ2) is 7.60. The van der Waals surface area contributed by atoms with Gasteiger partial charge in [0, 0.05) is 18.0 Å². The zero-order chi connectivity index (χ0) is 18.7. The predicted molar refractivity (Wildman–Crippen MR) is 101 cm³/mol. The van der Waals surface area contributed by atoms with E-state index in [1.807, 2.05) is 58.0 Å². The van der Waals surface area contributed by atoms with Crippen LogP contribution in [0, 0.1) is 0 Å². The molecule has 0 aliphatic carbocycles. The van der Waals surface area contributed by atoms with E-state index >= 15 is 0 Å². The molecule has 0 saturated heterocycles. The number of carbonyl (C=O) groups is 1. The van der Waals surface area contributed by atoms with E-state index in [-0.39, 0.29) is 17.9 Å². The Morgan fingerprint density at radius 2 is 1.85 bits per heavy atom. The summed E-state index contributed by atoms with van der Waals surface area (Å²) in [4.78, 5) is 16.8. The van der Waals surface area contributed by atoms with E-state index in [0.29, 0.717) is 23.6 Å². The van der Waals surface area contributed by atoms with Gasteiger partial charge >= 0.3 is 0 Å². The number of hydrogen-bond acceptors (Lipinski definition) is 4. The van der Waals surface area contributed by atoms with Crippen LogP contribution in [0.15, 0.2) is 46.9 Å². The highest BCUT2D eigenvalue weighted by molar-refractivity contribution is 5.97. The van der Waals surface area contributed by atoms with Crippen molar-refractivity contribution < 1.29 is 13.9 Å². The van der Waals surface area contributed by atoms with Crippen molar-refractivity contribution in [2.45, 2.75) is 46.3 Å². The smallest absolute Gasteiger partial charge is 0.251 e. The highest BCUT2D eigenvalue weighted by Gasteiger charge is 2.12. The van der Waals surface area contributed by atoms with Crippen LogP contribution in [0.4, 0.5) is 0 Å². The Bertz CT molecular complexity index is 895. The van der Waals surface area contributed by atoms with Crippen LogP contribution < -0.4 is 10.1 Å². The molecule has 0 saturated carbocycles. The fraction of sp³-hybridized carbons (Fsp3) is 0.333. The molecule has 0 aliphatic heterocycles. The lowest BCUT2D eigenvalue weighted by atomic mass is 10.1. The topological polar surface area (TPSA) is 64.4 Å². The third kappa shape index (κ3) is 4.23. The molecule has 0 fully saturated rings. The summed E-state index contributed by atoms with van der Waals surface area (Å²) in [5.74, 6) is 1.58. The van der Waals surface area contributed by atoms with E-state index in [4.69, 9.17) is 9.15 Å². The van der Waals surface area contributed by atoms with Gasteiger partial charge in [0.05, 0.1) is 6.10 Å². The number of rotatable bonds is 6. The Morgan fingerprint density at radius 1 is 1.12 bits per heavy atom. The molecule has 1 aromatic heterocycles. The molecule has 3 rings (SSSR count). The van der Waals surface area contributed by atoms with Gasteiger partial charge in [0.2, 0.25) is 0 Å². The second-order valence-corrected chi connectivity index (χ2v) is 6.88. The first-order valence-electron chi connectivity index (χ1n) is 8.86. The highest BCUT2D eigenvalue weighted by Crippen LogP contribution is 2.22. The predicted octanol–water partition coefficient (Wildman–Crippen LogP) is 4.67. The first-order valence-corrected chi connectivity index (χ1v) is 8.86. The van der Waals surface area contributed by atoms with Crippen LogP contribution >= 0.6 is 0 Å². The van der Waals surface area contributed by atoms with Crippen molar-refractivity contribution in [2.75, 3.05) is 0 Å². The maximum atomic E-state index is 12.4. The van der Waals surface area contributed by atoms with Gasteiger partial charge in [-0.25, -0.2) is 4.98 Å². The largest absolute Gasteiger partial charge is 0.491 e. The molecule has 0 atom stereocenters. The summed E-state index contributed by atoms with van der Waals surface area (Å²) in [7, 11) is 0. The number of hydrogen-bond donors (Lipinski definition) is 1. The number of ether oxygens (including phenoxy) is 1. The summed E-state index contributed by atoms with van der Waals surface area (Å²) >= 11 is 0. The van der Waals surface area contributed by atoms with Crippen LogP contribution in [-0.4, -0.2) is 17.0 Å². The van der Waals surface area contributed by atoms with E-state index in [0.717, 1.165) is 16.8 Å². The molecule has 2 aromatic carbocycles. The number of benzene rings is 2. The third-order valence-corrected chi connectivity index (χ3v) is 3.91. The van der Waals surface area contributed by atoms with Gasteiger partial charge in [-0.3, -0.25) is 4.79 Å². The third-order valence-electron chi connectivity index (χ3n) is 3.91. The summed E-state index contributed by atoms with van der Waals surface area (Å²) in [6, 6.07) is 13.1. The Hall–Kier alpha value is -2.82. The van der Waals surface area contributed by atoms with Gasteiger partial charge in [-0.15, -0.1) is 0 Å². The Labute approximate surface area is 153 Å². The molecular formula is C21H24N2O3. The number of nitrogens with zero attached hydrogens (tertiary/aromatic N) is 1. The maximum absolute atomic E-state index is 12.4. The van der Waals surface area contributed by atoms with Crippen molar-refractivity contribution in [3.8, 4) is 5.75 Å². The molecule has 26 heavy (non-hydrogen) atoms. The molecule has 3 aromatic rings. The summed E-state index contributed by atoms with van der Waals surface area (Å²) in [6.07, 6.45) is 0.141. The number of nitrogens with one attached hydrogen (secondary N) is 1. The highest BCUT2D eigenvalue weighted by atomic mass is 16.5. The van der Waals surface area contributed by atoms with Crippen molar-refractivity contribution in [1.29, 1.82) is 0 Å². The van der Waals surface area contributed by atoms with E-state index in [2.05, 4.69) is 10.3 Å². The van der Waals surface area contributed by atoms with Gasteiger partial charge in [0.25, 0.3) is 5.91 Å². The minimum Gasteiger partial charge on any atom is -0.491 e. The van der Waals surface area contributed by atoms with Crippen molar-refractivity contribution >= 4 is 17.0 Å². The fourth-order valence-corrected chi connectivity index (χ4v) is 2.57. The van der Waals surface area contributed by atoms with Crippen LogP contribution in [0.1, 0.15) is 55.4 Å². The van der Waals surface area contributed by atoms with Crippen molar-refractivity contribution in [3.05, 3.63) is 59.5 Å². The molecule has 0 aliphatic rings. The van der Waals surface area contributed by atoms with Crippen LogP contribution in [0.25, 0.3) is 11.1 Å². The Balaban J connectivity index is 1.65. The quantitative estimate of drug-likeness (QED) is 0.700. The number of amides is 1. The van der Waals surface area contributed by atoms with Crippen molar-refractivity contribution in [1.82, 2.24) is 10.3 Å². The molecule has 1 N–H and O–H groups in total. The van der Waals surface area contributed by atoms with E-state index in [1.54, 1.807) is 12.1 Å². The van der Waals surface area contributed by atoms with Gasteiger partial charge in [-0.05, 0) is 49.7 Å². The number of aromatic nitrogens is 1. The maximum Gasteiger partial charge on any atom is 0.251 e. The molecule has 0 bridgehead atoms. The second-order valence-electron chi connectivity index (χ2n) is 6.88. The van der Waals surface area contributed by atoms with Gasteiger partial charge in [0.15, 0.2) is 11.5 Å². The van der Waals surface area contributed by atoms with Gasteiger partial charge in [-0.1, -0.05) is 26.0 Å². The lowest BCUT2D eigenvalue weighted by Gasteiger charge is -2.10. The average molecular weight is 352 g/mol. The average Bonchev–Trinajstić information content (AvgIpc) is 3.04. The summed E-state index contributed by atoms with van der Waals surface area (Å²) in [6.45, 7) is 8.48. The van der Waals surface area contributed by atoms with Crippen LogP contribution in [0.5, 0.6) is 5.75 Å². The molecule has 5 heteroatoms. The summed E-state index contributed by atoms with van der Waals surface area (Å²) in [5, 5.41) is 2.93. The van der Waals surface area contributed by atoms with Crippen LogP contribution in [-0.2, 0) is 6.54 Å². The number of fused-ring (bicyclic) bond motifs is 1. The van der Waals surface area contributed by atoms with Gasteiger partial charge in [0.1, 0.15) is 11.3 Å². The van der Waals surface area contributed by atoms with Crippen LogP contribution in [0.3, 0.4) is 0 Å². The summed E-state index contributed by atoms with van der Waals surface area (Å²) < 4.78 is 11.3. The van der Waals surface area contributed by atoms with E-state index < -0.39 is 0 Å². The van der Waals surface area contributed by atoms with Gasteiger partial charge < -0.3 is 14.5 Å². The normalized spacial score (nSPS) is 11.3. The number of carbonyl (C=O) groups excluding carboxylic acids is 1. The molecule has 136 valence electrons. The molecule has 0 unspecified atom stereocenters. The lowest BCUT2D eigenvalue weighted by molar-refractivity contribution is 0.0951. The molecular weight excluding hydrogens is 328 g/mol.